The second kappa shape index (κ2) is 9.18. The van der Waals surface area contributed by atoms with Crippen molar-refractivity contribution in [1.82, 2.24) is 15.1 Å². The summed E-state index contributed by atoms with van der Waals surface area (Å²) in [6.45, 7) is 4.91. The molecule has 1 spiro atoms. The Morgan fingerprint density at radius 1 is 1.14 bits per heavy atom. The highest BCUT2D eigenvalue weighted by Gasteiger charge is 2.47. The lowest BCUT2D eigenvalue weighted by molar-refractivity contribution is -0.104. The van der Waals surface area contributed by atoms with Gasteiger partial charge in [0.2, 0.25) is 0 Å². The molecule has 0 aliphatic carbocycles. The molecule has 3 saturated heterocycles. The van der Waals surface area contributed by atoms with Gasteiger partial charge in [0.1, 0.15) is 5.75 Å². The summed E-state index contributed by atoms with van der Waals surface area (Å²) in [6.07, 6.45) is 1.71. The van der Waals surface area contributed by atoms with E-state index in [1.54, 1.807) is 23.1 Å². The number of morpholine rings is 1. The minimum Gasteiger partial charge on any atom is -0.493 e. The monoisotopic (exact) mass is 491 g/mol. The first kappa shape index (κ1) is 23.5. The molecule has 36 heavy (non-hydrogen) atoms. The van der Waals surface area contributed by atoms with Gasteiger partial charge in [0.25, 0.3) is 11.8 Å². The maximum atomic E-state index is 13.6. The first-order valence-electron chi connectivity index (χ1n) is 13.0. The minimum absolute atomic E-state index is 0.0431. The van der Waals surface area contributed by atoms with Crippen LogP contribution in [0.4, 0.5) is 0 Å². The molecule has 2 amide bonds. The molecule has 2 aromatic carbocycles. The highest BCUT2D eigenvalue weighted by Crippen LogP contribution is 2.35. The topological polar surface area (TPSA) is 91.3 Å². The van der Waals surface area contributed by atoms with E-state index < -0.39 is 11.6 Å². The van der Waals surface area contributed by atoms with Gasteiger partial charge >= 0.3 is 0 Å². The lowest BCUT2D eigenvalue weighted by atomic mass is 9.76. The summed E-state index contributed by atoms with van der Waals surface area (Å²) in [4.78, 5) is 30.3. The van der Waals surface area contributed by atoms with Crippen LogP contribution in [-0.4, -0.2) is 83.4 Å². The normalized spacial score (nSPS) is 28.9. The number of aliphatic hydroxyl groups is 1. The van der Waals surface area contributed by atoms with Crippen molar-refractivity contribution in [3.63, 3.8) is 0 Å². The zero-order chi connectivity index (χ0) is 24.9. The van der Waals surface area contributed by atoms with Gasteiger partial charge in [-0.1, -0.05) is 24.3 Å². The van der Waals surface area contributed by atoms with E-state index in [2.05, 4.69) is 17.4 Å². The fourth-order valence-corrected chi connectivity index (χ4v) is 6.24. The molecule has 2 aromatic rings. The van der Waals surface area contributed by atoms with E-state index in [1.807, 2.05) is 24.0 Å². The second-order valence-electron chi connectivity index (χ2n) is 10.4. The molecule has 4 atom stereocenters. The number of carbonyl (C=O) groups is 2. The van der Waals surface area contributed by atoms with Gasteiger partial charge in [-0.2, -0.15) is 0 Å². The van der Waals surface area contributed by atoms with E-state index >= 15 is 0 Å². The van der Waals surface area contributed by atoms with Crippen LogP contribution in [0.5, 0.6) is 5.75 Å². The van der Waals surface area contributed by atoms with Crippen LogP contribution in [0, 0.1) is 0 Å². The van der Waals surface area contributed by atoms with Gasteiger partial charge in [0, 0.05) is 25.2 Å². The Balaban J connectivity index is 1.18. The summed E-state index contributed by atoms with van der Waals surface area (Å²) in [5, 5.41) is 14.8. The van der Waals surface area contributed by atoms with Crippen molar-refractivity contribution in [1.29, 1.82) is 0 Å². The number of rotatable bonds is 4. The first-order chi connectivity index (χ1) is 17.5. The lowest BCUT2D eigenvalue weighted by Gasteiger charge is -2.52. The van der Waals surface area contributed by atoms with Gasteiger partial charge in [-0.3, -0.25) is 9.59 Å². The number of benzene rings is 2. The van der Waals surface area contributed by atoms with E-state index in [0.29, 0.717) is 49.7 Å². The average Bonchev–Trinajstić information content (AvgIpc) is 2.90. The largest absolute Gasteiger partial charge is 0.493 e. The second-order valence-corrected chi connectivity index (χ2v) is 10.4. The van der Waals surface area contributed by atoms with E-state index in [1.165, 1.54) is 11.1 Å². The van der Waals surface area contributed by atoms with Crippen LogP contribution in [0.1, 0.15) is 51.6 Å². The fraction of sp³-hybridized carbons (Fsp3) is 0.500. The molecule has 8 heteroatoms. The zero-order valence-electron chi connectivity index (χ0n) is 20.6. The van der Waals surface area contributed by atoms with Crippen molar-refractivity contribution in [3.05, 3.63) is 64.7 Å². The number of piperidine rings is 1. The predicted molar refractivity (Wildman–Crippen MR) is 133 cm³/mol. The SMILES string of the molecule is CCOc1cc(C(=O)N2C3COCC2C3)ccc1C(=O)N1CCC2(Cc3ccccc3CN2)C(O)C1. The summed E-state index contributed by atoms with van der Waals surface area (Å²) >= 11 is 0. The highest BCUT2D eigenvalue weighted by atomic mass is 16.5. The Labute approximate surface area is 211 Å². The van der Waals surface area contributed by atoms with Gasteiger partial charge in [0.15, 0.2) is 0 Å². The lowest BCUT2D eigenvalue weighted by Crippen LogP contribution is -2.65. The number of likely N-dealkylation sites (tertiary alicyclic amines) is 1. The van der Waals surface area contributed by atoms with Crippen molar-refractivity contribution in [2.75, 3.05) is 32.9 Å². The van der Waals surface area contributed by atoms with Crippen LogP contribution in [0.25, 0.3) is 0 Å². The quantitative estimate of drug-likeness (QED) is 0.680. The van der Waals surface area contributed by atoms with Crippen LogP contribution in [0.2, 0.25) is 0 Å². The molecule has 2 bridgehead atoms. The van der Waals surface area contributed by atoms with Crippen molar-refractivity contribution in [3.8, 4) is 5.75 Å². The average molecular weight is 492 g/mol. The van der Waals surface area contributed by atoms with Gasteiger partial charge in [-0.15, -0.1) is 0 Å². The number of amides is 2. The number of hydrogen-bond acceptors (Lipinski definition) is 6. The molecule has 4 aliphatic rings. The first-order valence-corrected chi connectivity index (χ1v) is 13.0. The third kappa shape index (κ3) is 3.88. The van der Waals surface area contributed by atoms with Crippen molar-refractivity contribution in [2.24, 2.45) is 0 Å². The molecule has 3 fully saturated rings. The molecule has 8 nitrogen and oxygen atoms in total. The van der Waals surface area contributed by atoms with Gasteiger partial charge in [-0.25, -0.2) is 0 Å². The summed E-state index contributed by atoms with van der Waals surface area (Å²) in [5.74, 6) is 0.185. The van der Waals surface area contributed by atoms with Gasteiger partial charge in [-0.05, 0) is 55.5 Å². The van der Waals surface area contributed by atoms with Gasteiger partial charge < -0.3 is 29.7 Å². The Bertz CT molecular complexity index is 1170. The molecule has 0 saturated carbocycles. The van der Waals surface area contributed by atoms with Crippen molar-refractivity contribution in [2.45, 2.75) is 56.5 Å². The number of aliphatic hydroxyl groups excluding tert-OH is 1. The van der Waals surface area contributed by atoms with E-state index in [-0.39, 0.29) is 30.4 Å². The molecule has 4 aliphatic heterocycles. The highest BCUT2D eigenvalue weighted by molar-refractivity contribution is 6.00. The Morgan fingerprint density at radius 2 is 1.92 bits per heavy atom. The summed E-state index contributed by atoms with van der Waals surface area (Å²) < 4.78 is 11.3. The predicted octanol–water partition coefficient (Wildman–Crippen LogP) is 1.99. The van der Waals surface area contributed by atoms with Crippen molar-refractivity contribution < 1.29 is 24.2 Å². The molecule has 2 N–H and O–H groups in total. The maximum absolute atomic E-state index is 13.6. The Hall–Kier alpha value is -2.94. The number of carbonyl (C=O) groups excluding carboxylic acids is 2. The summed E-state index contributed by atoms with van der Waals surface area (Å²) in [6, 6.07) is 13.7. The van der Waals surface area contributed by atoms with Crippen LogP contribution in [-0.2, 0) is 17.7 Å². The third-order valence-electron chi connectivity index (χ3n) is 8.35. The molecular weight excluding hydrogens is 458 g/mol. The number of fused-ring (bicyclic) bond motifs is 3. The van der Waals surface area contributed by atoms with Crippen LogP contribution >= 0.6 is 0 Å². The molecule has 6 rings (SSSR count). The van der Waals surface area contributed by atoms with E-state index in [9.17, 15) is 14.7 Å². The Morgan fingerprint density at radius 3 is 2.64 bits per heavy atom. The molecule has 4 unspecified atom stereocenters. The number of hydrogen-bond donors (Lipinski definition) is 2. The number of β-amino-alcohol motifs (C(OH)–C–C–N with tert-alkyl or cyclic N) is 1. The summed E-state index contributed by atoms with van der Waals surface area (Å²) in [5.41, 5.74) is 3.04. The number of nitrogens with one attached hydrogen (secondary N) is 1. The molecule has 0 aromatic heterocycles. The maximum Gasteiger partial charge on any atom is 0.257 e. The molecular formula is C28H33N3O5. The standard InChI is InChI=1S/C28H33N3O5/c1-2-36-24-11-18(26(33)31-21-12-22(31)17-35-16-21)7-8-23(24)27(34)30-10-9-28(25(32)15-30)13-19-5-3-4-6-20(19)14-29-28/h3-8,11,21-22,25,29,32H,2,9-10,12-17H2,1H3. The Kier molecular flexibility index (Phi) is 5.98. The van der Waals surface area contributed by atoms with Crippen LogP contribution in [0.15, 0.2) is 42.5 Å². The fourth-order valence-electron chi connectivity index (χ4n) is 6.24. The molecule has 190 valence electrons. The smallest absolute Gasteiger partial charge is 0.257 e. The van der Waals surface area contributed by atoms with E-state index in [0.717, 1.165) is 19.4 Å². The summed E-state index contributed by atoms with van der Waals surface area (Å²) in [7, 11) is 0. The number of nitrogens with zero attached hydrogens (tertiary/aromatic N) is 2. The molecule has 0 radical (unpaired) electrons. The van der Waals surface area contributed by atoms with Crippen LogP contribution in [0.3, 0.4) is 0 Å². The minimum atomic E-state index is -0.687. The van der Waals surface area contributed by atoms with Crippen molar-refractivity contribution >= 4 is 11.8 Å². The zero-order valence-corrected chi connectivity index (χ0v) is 20.6. The third-order valence-corrected chi connectivity index (χ3v) is 8.35. The van der Waals surface area contributed by atoms with Crippen LogP contribution < -0.4 is 10.1 Å². The molecule has 4 heterocycles. The van der Waals surface area contributed by atoms with Gasteiger partial charge in [0.05, 0.1) is 49.1 Å². The van der Waals surface area contributed by atoms with E-state index in [4.69, 9.17) is 9.47 Å². The number of ether oxygens (including phenoxy) is 2.